The number of nitrogens with zero attached hydrogens (tertiary/aromatic N) is 7. The van der Waals surface area contributed by atoms with Crippen molar-refractivity contribution >= 4 is 10.0 Å². The molecule has 10 rings (SSSR count). The molecule has 63 heavy (non-hydrogen) atoms. The Morgan fingerprint density at radius 1 is 0.286 bits per heavy atom. The zero-order valence-electron chi connectivity index (χ0n) is 33.9. The molecule has 10 aromatic rings. The zero-order valence-corrected chi connectivity index (χ0v) is 34.7. The fraction of sp³-hybridized carbons (Fsp3) is 0. The number of benzene rings is 8. The summed E-state index contributed by atoms with van der Waals surface area (Å²) in [6, 6.07) is 78.1. The number of rotatable bonds is 10. The zero-order chi connectivity index (χ0) is 42.4. The molecule has 0 aliphatic heterocycles. The van der Waals surface area contributed by atoms with E-state index >= 15 is 0 Å². The molecule has 0 atom stereocenters. The van der Waals surface area contributed by atoms with Crippen molar-refractivity contribution in [3.05, 3.63) is 230 Å². The standard InChI is InChI=1S/C55H37N7S/c56-38-44-37-48(35-36-49(44)55-61-52(41-23-11-3-12-24-41)60-53(62-55)42-25-13-4-14-26-42)63(45-27-15-5-16-28-45,46-29-17-6-18-30-46)47-33-31-43(32-34-47)54-58-50(39-19-7-1-8-20-39)57-51(59-54)40-21-9-2-10-22-40/h1-37H. The van der Waals surface area contributed by atoms with Crippen LogP contribution in [0.25, 0.3) is 68.3 Å². The van der Waals surface area contributed by atoms with Gasteiger partial charge in [0.2, 0.25) is 0 Å². The van der Waals surface area contributed by atoms with Crippen molar-refractivity contribution in [1.82, 2.24) is 29.9 Å². The quantitative estimate of drug-likeness (QED) is 0.135. The van der Waals surface area contributed by atoms with Crippen molar-refractivity contribution in [2.24, 2.45) is 0 Å². The maximum absolute atomic E-state index is 11.0. The first-order chi connectivity index (χ1) is 31.2. The summed E-state index contributed by atoms with van der Waals surface area (Å²) in [7, 11) is -2.20. The highest BCUT2D eigenvalue weighted by molar-refractivity contribution is 8.34. The van der Waals surface area contributed by atoms with Crippen molar-refractivity contribution in [3.8, 4) is 74.4 Å². The Kier molecular flexibility index (Phi) is 10.7. The molecule has 0 saturated carbocycles. The second-order valence-electron chi connectivity index (χ2n) is 14.7. The fourth-order valence-corrected chi connectivity index (χ4v) is 11.6. The van der Waals surface area contributed by atoms with Crippen LogP contribution in [0.5, 0.6) is 0 Å². The van der Waals surface area contributed by atoms with E-state index in [2.05, 4.69) is 84.9 Å². The second kappa shape index (κ2) is 17.3. The molecule has 8 heteroatoms. The Labute approximate surface area is 367 Å². The Bertz CT molecular complexity index is 3050. The lowest BCUT2D eigenvalue weighted by Crippen LogP contribution is -2.07. The molecule has 0 fully saturated rings. The van der Waals surface area contributed by atoms with Crippen LogP contribution in [0.4, 0.5) is 0 Å². The summed E-state index contributed by atoms with van der Waals surface area (Å²) in [6.45, 7) is 0. The average Bonchev–Trinajstić information content (AvgIpc) is 3.38. The van der Waals surface area contributed by atoms with Gasteiger partial charge in [-0.1, -0.05) is 170 Å². The van der Waals surface area contributed by atoms with Crippen LogP contribution in [0.3, 0.4) is 0 Å². The second-order valence-corrected chi connectivity index (χ2v) is 17.8. The monoisotopic (exact) mass is 827 g/mol. The van der Waals surface area contributed by atoms with Crippen LogP contribution in [0.2, 0.25) is 0 Å². The molecule has 0 N–H and O–H groups in total. The first-order valence-corrected chi connectivity index (χ1v) is 22.1. The van der Waals surface area contributed by atoms with E-state index in [1.807, 2.05) is 146 Å². The molecule has 0 aliphatic rings. The lowest BCUT2D eigenvalue weighted by atomic mass is 10.1. The van der Waals surface area contributed by atoms with Crippen molar-refractivity contribution in [3.63, 3.8) is 0 Å². The van der Waals surface area contributed by atoms with Gasteiger partial charge < -0.3 is 0 Å². The summed E-state index contributed by atoms with van der Waals surface area (Å²) in [5.74, 6) is 3.28. The third kappa shape index (κ3) is 7.65. The van der Waals surface area contributed by atoms with Crippen molar-refractivity contribution in [2.45, 2.75) is 19.6 Å². The molecule has 2 aromatic heterocycles. The molecule has 298 valence electrons. The maximum Gasteiger partial charge on any atom is 0.165 e. The molecule has 0 amide bonds. The van der Waals surface area contributed by atoms with Crippen LogP contribution in [0.1, 0.15) is 5.56 Å². The number of hydrogen-bond donors (Lipinski definition) is 0. The maximum atomic E-state index is 11.0. The first kappa shape index (κ1) is 38.8. The molecule has 0 spiro atoms. The number of nitriles is 1. The van der Waals surface area contributed by atoms with E-state index in [1.54, 1.807) is 0 Å². The van der Waals surface area contributed by atoms with Gasteiger partial charge in [-0.3, -0.25) is 0 Å². The van der Waals surface area contributed by atoms with E-state index in [-0.39, 0.29) is 0 Å². The van der Waals surface area contributed by atoms with Gasteiger partial charge >= 0.3 is 0 Å². The minimum absolute atomic E-state index is 0.428. The van der Waals surface area contributed by atoms with Crippen LogP contribution in [0.15, 0.2) is 244 Å². The van der Waals surface area contributed by atoms with Gasteiger partial charge in [-0.05, 0) is 54.6 Å². The predicted molar refractivity (Wildman–Crippen MR) is 251 cm³/mol. The van der Waals surface area contributed by atoms with Gasteiger partial charge in [0.1, 0.15) is 0 Å². The minimum Gasteiger partial charge on any atom is -0.208 e. The first-order valence-electron chi connectivity index (χ1n) is 20.5. The fourth-order valence-electron chi connectivity index (χ4n) is 7.74. The minimum atomic E-state index is -2.20. The van der Waals surface area contributed by atoms with Crippen molar-refractivity contribution in [1.29, 1.82) is 5.26 Å². The highest BCUT2D eigenvalue weighted by atomic mass is 32.3. The van der Waals surface area contributed by atoms with Gasteiger partial charge in [0.05, 0.1) is 11.6 Å². The van der Waals surface area contributed by atoms with E-state index in [4.69, 9.17) is 29.9 Å². The third-order valence-electron chi connectivity index (χ3n) is 10.8. The molecule has 7 nitrogen and oxygen atoms in total. The van der Waals surface area contributed by atoms with Crippen molar-refractivity contribution in [2.75, 3.05) is 0 Å². The van der Waals surface area contributed by atoms with E-state index in [1.165, 1.54) is 0 Å². The van der Waals surface area contributed by atoms with Gasteiger partial charge in [0.15, 0.2) is 34.9 Å². The van der Waals surface area contributed by atoms with Crippen LogP contribution in [0, 0.1) is 11.3 Å². The highest BCUT2D eigenvalue weighted by Gasteiger charge is 2.34. The summed E-state index contributed by atoms with van der Waals surface area (Å²) >= 11 is 0. The Morgan fingerprint density at radius 3 is 0.921 bits per heavy atom. The summed E-state index contributed by atoms with van der Waals surface area (Å²) in [6.07, 6.45) is 0. The molecule has 0 saturated heterocycles. The predicted octanol–water partition coefficient (Wildman–Crippen LogP) is 13.3. The lowest BCUT2D eigenvalue weighted by Gasteiger charge is -2.42. The van der Waals surface area contributed by atoms with Crippen LogP contribution < -0.4 is 0 Å². The average molecular weight is 828 g/mol. The molecule has 8 aromatic carbocycles. The van der Waals surface area contributed by atoms with E-state index in [9.17, 15) is 5.26 Å². The van der Waals surface area contributed by atoms with E-state index < -0.39 is 10.0 Å². The SMILES string of the molecule is N#Cc1cc(S(c2ccccc2)(c2ccccc2)c2ccc(-c3nc(-c4ccccc4)nc(-c4ccccc4)n3)cc2)ccc1-c1nc(-c2ccccc2)nc(-c2ccccc2)n1. The summed E-state index contributed by atoms with van der Waals surface area (Å²) < 4.78 is 0. The molecule has 0 aliphatic carbocycles. The Balaban J connectivity index is 1.15. The Morgan fingerprint density at radius 2 is 0.571 bits per heavy atom. The van der Waals surface area contributed by atoms with Gasteiger partial charge in [-0.25, -0.2) is 29.9 Å². The number of aromatic nitrogens is 6. The van der Waals surface area contributed by atoms with E-state index in [0.29, 0.717) is 46.1 Å². The third-order valence-corrected chi connectivity index (χ3v) is 14.7. The molecule has 0 bridgehead atoms. The van der Waals surface area contributed by atoms with Crippen LogP contribution in [-0.2, 0) is 0 Å². The topological polar surface area (TPSA) is 101 Å². The molecule has 0 radical (unpaired) electrons. The smallest absolute Gasteiger partial charge is 0.165 e. The summed E-state index contributed by atoms with van der Waals surface area (Å²) in [5.41, 5.74) is 5.49. The number of hydrogen-bond acceptors (Lipinski definition) is 7. The normalized spacial score (nSPS) is 11.4. The molecule has 0 unspecified atom stereocenters. The Hall–Kier alpha value is -8.38. The van der Waals surface area contributed by atoms with Crippen LogP contribution in [-0.4, -0.2) is 29.9 Å². The molecule has 2 heterocycles. The van der Waals surface area contributed by atoms with Gasteiger partial charge in [-0.15, -0.1) is 10.0 Å². The lowest BCUT2D eigenvalue weighted by molar-refractivity contribution is 1.07. The van der Waals surface area contributed by atoms with Gasteiger partial charge in [-0.2, -0.15) is 5.26 Å². The summed E-state index contributed by atoms with van der Waals surface area (Å²) in [4.78, 5) is 34.1. The largest absolute Gasteiger partial charge is 0.208 e. The summed E-state index contributed by atoms with van der Waals surface area (Å²) in [5, 5.41) is 11.0. The van der Waals surface area contributed by atoms with E-state index in [0.717, 1.165) is 47.4 Å². The molecular weight excluding hydrogens is 791 g/mol. The van der Waals surface area contributed by atoms with Crippen LogP contribution >= 0.6 is 10.0 Å². The van der Waals surface area contributed by atoms with Gasteiger partial charge in [0.25, 0.3) is 0 Å². The highest BCUT2D eigenvalue weighted by Crippen LogP contribution is 2.73. The molecular formula is C55H37N7S. The van der Waals surface area contributed by atoms with Gasteiger partial charge in [0, 0.05) is 53.0 Å². The van der Waals surface area contributed by atoms with Crippen molar-refractivity contribution < 1.29 is 0 Å².